The van der Waals surface area contributed by atoms with Crippen LogP contribution in [0.5, 0.6) is 11.5 Å². The predicted octanol–water partition coefficient (Wildman–Crippen LogP) is 1.86. The SMILES string of the molecule is CSCC(C)(O)CNC(C)c1cc(O)cc(O)c1. The first-order valence-electron chi connectivity index (χ1n) is 5.82. The van der Waals surface area contributed by atoms with Crippen molar-refractivity contribution in [3.05, 3.63) is 23.8 Å². The molecule has 0 amide bonds. The highest BCUT2D eigenvalue weighted by atomic mass is 32.2. The van der Waals surface area contributed by atoms with E-state index in [1.54, 1.807) is 30.8 Å². The molecule has 1 aromatic carbocycles. The number of phenols is 2. The molecular formula is C13H21NO3S. The molecule has 0 fully saturated rings. The molecule has 0 aliphatic rings. The van der Waals surface area contributed by atoms with Gasteiger partial charge in [-0.15, -0.1) is 0 Å². The van der Waals surface area contributed by atoms with Crippen molar-refractivity contribution in [3.63, 3.8) is 0 Å². The second-order valence-corrected chi connectivity index (χ2v) is 5.68. The average molecular weight is 271 g/mol. The highest BCUT2D eigenvalue weighted by molar-refractivity contribution is 7.98. The van der Waals surface area contributed by atoms with Gasteiger partial charge < -0.3 is 20.6 Å². The lowest BCUT2D eigenvalue weighted by atomic mass is 10.1. The maximum Gasteiger partial charge on any atom is 0.119 e. The summed E-state index contributed by atoms with van der Waals surface area (Å²) in [5.41, 5.74) is 0.0134. The van der Waals surface area contributed by atoms with Crippen LogP contribution in [-0.2, 0) is 0 Å². The fraction of sp³-hybridized carbons (Fsp3) is 0.538. The molecule has 1 rings (SSSR count). The number of benzene rings is 1. The van der Waals surface area contributed by atoms with Crippen LogP contribution in [0, 0.1) is 0 Å². The average Bonchev–Trinajstić information content (AvgIpc) is 2.24. The van der Waals surface area contributed by atoms with Gasteiger partial charge in [-0.2, -0.15) is 11.8 Å². The van der Waals surface area contributed by atoms with Crippen molar-refractivity contribution < 1.29 is 15.3 Å². The van der Waals surface area contributed by atoms with Gasteiger partial charge in [-0.05, 0) is 37.8 Å². The summed E-state index contributed by atoms with van der Waals surface area (Å²) in [4.78, 5) is 0. The Morgan fingerprint density at radius 1 is 1.28 bits per heavy atom. The van der Waals surface area contributed by atoms with Gasteiger partial charge in [-0.1, -0.05) is 0 Å². The summed E-state index contributed by atoms with van der Waals surface area (Å²) >= 11 is 1.59. The van der Waals surface area contributed by atoms with E-state index in [2.05, 4.69) is 5.32 Å². The normalized spacial score (nSPS) is 16.2. The lowest BCUT2D eigenvalue weighted by molar-refractivity contribution is 0.0821. The van der Waals surface area contributed by atoms with E-state index in [-0.39, 0.29) is 17.5 Å². The summed E-state index contributed by atoms with van der Waals surface area (Å²) in [5.74, 6) is 0.724. The Bertz CT molecular complexity index is 376. The van der Waals surface area contributed by atoms with Gasteiger partial charge in [-0.3, -0.25) is 0 Å². The van der Waals surface area contributed by atoms with Gasteiger partial charge in [0.25, 0.3) is 0 Å². The maximum absolute atomic E-state index is 10.0. The van der Waals surface area contributed by atoms with Gasteiger partial charge in [0.2, 0.25) is 0 Å². The molecule has 0 saturated heterocycles. The molecule has 2 unspecified atom stereocenters. The third-order valence-electron chi connectivity index (χ3n) is 2.67. The molecule has 0 aliphatic carbocycles. The van der Waals surface area contributed by atoms with Crippen molar-refractivity contribution in [2.45, 2.75) is 25.5 Å². The van der Waals surface area contributed by atoms with Gasteiger partial charge in [0.05, 0.1) is 5.60 Å². The molecule has 0 heterocycles. The molecule has 0 spiro atoms. The first kappa shape index (κ1) is 15.1. The van der Waals surface area contributed by atoms with Crippen LogP contribution in [0.15, 0.2) is 18.2 Å². The second kappa shape index (κ2) is 6.31. The van der Waals surface area contributed by atoms with E-state index in [1.165, 1.54) is 6.07 Å². The Morgan fingerprint density at radius 3 is 2.33 bits per heavy atom. The Balaban J connectivity index is 2.62. The fourth-order valence-electron chi connectivity index (χ4n) is 1.72. The molecule has 4 nitrogen and oxygen atoms in total. The first-order valence-corrected chi connectivity index (χ1v) is 7.21. The summed E-state index contributed by atoms with van der Waals surface area (Å²) in [5, 5.41) is 32.1. The van der Waals surface area contributed by atoms with Crippen LogP contribution in [0.25, 0.3) is 0 Å². The summed E-state index contributed by atoms with van der Waals surface area (Å²) in [6, 6.07) is 4.43. The minimum Gasteiger partial charge on any atom is -0.508 e. The molecule has 0 aromatic heterocycles. The van der Waals surface area contributed by atoms with Gasteiger partial charge in [0.1, 0.15) is 11.5 Å². The second-order valence-electron chi connectivity index (χ2n) is 4.82. The Kier molecular flexibility index (Phi) is 5.31. The molecule has 4 N–H and O–H groups in total. The van der Waals surface area contributed by atoms with Gasteiger partial charge >= 0.3 is 0 Å². The molecule has 2 atom stereocenters. The minimum atomic E-state index is -0.771. The highest BCUT2D eigenvalue weighted by Gasteiger charge is 2.20. The van der Waals surface area contributed by atoms with E-state index in [4.69, 9.17) is 0 Å². The fourth-order valence-corrected chi connectivity index (χ4v) is 2.44. The van der Waals surface area contributed by atoms with E-state index in [0.717, 1.165) is 5.56 Å². The quantitative estimate of drug-likeness (QED) is 0.635. The molecule has 0 bridgehead atoms. The van der Waals surface area contributed by atoms with Crippen LogP contribution in [0.4, 0.5) is 0 Å². The zero-order valence-electron chi connectivity index (χ0n) is 11.0. The first-order chi connectivity index (χ1) is 8.34. The van der Waals surface area contributed by atoms with Crippen molar-refractivity contribution in [2.75, 3.05) is 18.6 Å². The number of thioether (sulfide) groups is 1. The molecule has 5 heteroatoms. The summed E-state index contributed by atoms with van der Waals surface area (Å²) in [7, 11) is 0. The smallest absolute Gasteiger partial charge is 0.119 e. The molecule has 102 valence electrons. The largest absolute Gasteiger partial charge is 0.508 e. The molecular weight excluding hydrogens is 250 g/mol. The molecule has 0 aliphatic heterocycles. The van der Waals surface area contributed by atoms with E-state index in [1.807, 2.05) is 13.2 Å². The summed E-state index contributed by atoms with van der Waals surface area (Å²) in [6.07, 6.45) is 1.95. The minimum absolute atomic E-state index is 0.0366. The number of nitrogens with one attached hydrogen (secondary N) is 1. The van der Waals surface area contributed by atoms with Gasteiger partial charge in [0, 0.05) is 24.4 Å². The molecule has 1 aromatic rings. The number of rotatable bonds is 6. The summed E-state index contributed by atoms with van der Waals surface area (Å²) < 4.78 is 0. The third-order valence-corrected chi connectivity index (χ3v) is 3.58. The van der Waals surface area contributed by atoms with Crippen molar-refractivity contribution >= 4 is 11.8 Å². The molecule has 0 saturated carbocycles. The van der Waals surface area contributed by atoms with Gasteiger partial charge in [-0.25, -0.2) is 0 Å². The van der Waals surface area contributed by atoms with Crippen molar-refractivity contribution in [1.82, 2.24) is 5.32 Å². The lowest BCUT2D eigenvalue weighted by Gasteiger charge is -2.25. The number of hydrogen-bond donors (Lipinski definition) is 4. The summed E-state index contributed by atoms with van der Waals surface area (Å²) in [6.45, 7) is 4.15. The predicted molar refractivity (Wildman–Crippen MR) is 75.2 cm³/mol. The number of aliphatic hydroxyl groups is 1. The molecule has 18 heavy (non-hydrogen) atoms. The number of phenolic OH excluding ortho intramolecular Hbond substituents is 2. The van der Waals surface area contributed by atoms with Crippen LogP contribution in [-0.4, -0.2) is 39.5 Å². The van der Waals surface area contributed by atoms with Crippen molar-refractivity contribution in [3.8, 4) is 11.5 Å². The van der Waals surface area contributed by atoms with E-state index >= 15 is 0 Å². The highest BCUT2D eigenvalue weighted by Crippen LogP contribution is 2.25. The Morgan fingerprint density at radius 2 is 1.83 bits per heavy atom. The Hall–Kier alpha value is -0.910. The van der Waals surface area contributed by atoms with Gasteiger partial charge in [0.15, 0.2) is 0 Å². The number of hydrogen-bond acceptors (Lipinski definition) is 5. The van der Waals surface area contributed by atoms with Crippen molar-refractivity contribution in [1.29, 1.82) is 0 Å². The zero-order valence-corrected chi connectivity index (χ0v) is 11.8. The Labute approximate surface area is 112 Å². The van der Waals surface area contributed by atoms with Crippen LogP contribution < -0.4 is 5.32 Å². The van der Waals surface area contributed by atoms with E-state index in [0.29, 0.717) is 12.3 Å². The van der Waals surface area contributed by atoms with Crippen LogP contribution in [0.3, 0.4) is 0 Å². The lowest BCUT2D eigenvalue weighted by Crippen LogP contribution is -2.40. The monoisotopic (exact) mass is 271 g/mol. The topological polar surface area (TPSA) is 72.7 Å². The zero-order chi connectivity index (χ0) is 13.8. The van der Waals surface area contributed by atoms with Crippen LogP contribution in [0.2, 0.25) is 0 Å². The molecule has 0 radical (unpaired) electrons. The number of aromatic hydroxyl groups is 2. The van der Waals surface area contributed by atoms with E-state index in [9.17, 15) is 15.3 Å². The third kappa shape index (κ3) is 4.76. The van der Waals surface area contributed by atoms with Crippen LogP contribution in [0.1, 0.15) is 25.5 Å². The standard InChI is InChI=1S/C13H21NO3S/c1-9(14-7-13(2,17)8-18-3)10-4-11(15)6-12(16)5-10/h4-6,9,14-17H,7-8H2,1-3H3. The maximum atomic E-state index is 10.0. The van der Waals surface area contributed by atoms with E-state index < -0.39 is 5.60 Å². The van der Waals surface area contributed by atoms with Crippen LogP contribution >= 0.6 is 11.8 Å². The van der Waals surface area contributed by atoms with Crippen molar-refractivity contribution in [2.24, 2.45) is 0 Å².